The maximum atomic E-state index is 12.6. The molecule has 2 aromatic rings. The van der Waals surface area contributed by atoms with Crippen molar-refractivity contribution in [3.63, 3.8) is 0 Å². The molecule has 2 N–H and O–H groups in total. The predicted octanol–water partition coefficient (Wildman–Crippen LogP) is 1.63. The number of hydrogen-bond donors (Lipinski definition) is 1. The van der Waals surface area contributed by atoms with Crippen LogP contribution in [0.1, 0.15) is 35.8 Å². The van der Waals surface area contributed by atoms with E-state index in [0.717, 1.165) is 6.07 Å². The van der Waals surface area contributed by atoms with E-state index in [0.29, 0.717) is 25.6 Å². The van der Waals surface area contributed by atoms with Gasteiger partial charge < -0.3 is 10.6 Å². The van der Waals surface area contributed by atoms with Crippen LogP contribution in [0.3, 0.4) is 0 Å². The first kappa shape index (κ1) is 17.3. The van der Waals surface area contributed by atoms with Crippen LogP contribution in [0.4, 0.5) is 13.2 Å². The quantitative estimate of drug-likeness (QED) is 0.885. The van der Waals surface area contributed by atoms with E-state index < -0.39 is 11.7 Å². The number of amides is 1. The third-order valence-corrected chi connectivity index (χ3v) is 4.20. The van der Waals surface area contributed by atoms with Gasteiger partial charge in [-0.05, 0) is 31.9 Å². The lowest BCUT2D eigenvalue weighted by Crippen LogP contribution is -2.48. The number of nitrogens with two attached hydrogens (primary N) is 1. The molecular formula is C15H17F3N6O. The highest BCUT2D eigenvalue weighted by atomic mass is 19.4. The zero-order chi connectivity index (χ0) is 18.2. The lowest BCUT2D eigenvalue weighted by Gasteiger charge is -2.35. The van der Waals surface area contributed by atoms with Crippen molar-refractivity contribution in [2.24, 2.45) is 5.73 Å². The van der Waals surface area contributed by atoms with Gasteiger partial charge in [-0.15, -0.1) is 5.10 Å². The Kier molecular flexibility index (Phi) is 4.46. The van der Waals surface area contributed by atoms with Gasteiger partial charge in [-0.2, -0.15) is 13.2 Å². The normalized spacial score (nSPS) is 21.4. The zero-order valence-corrected chi connectivity index (χ0v) is 13.4. The number of pyridine rings is 1. The molecule has 3 rings (SSSR count). The van der Waals surface area contributed by atoms with E-state index in [1.54, 1.807) is 4.90 Å². The Morgan fingerprint density at radius 2 is 2.12 bits per heavy atom. The van der Waals surface area contributed by atoms with Gasteiger partial charge in [0.2, 0.25) is 0 Å². The molecule has 0 aliphatic carbocycles. The van der Waals surface area contributed by atoms with Gasteiger partial charge in [0.1, 0.15) is 0 Å². The maximum Gasteiger partial charge on any atom is 0.417 e. The fourth-order valence-corrected chi connectivity index (χ4v) is 2.82. The fourth-order valence-electron chi connectivity index (χ4n) is 2.82. The minimum Gasteiger partial charge on any atom is -0.334 e. The molecule has 1 fully saturated rings. The summed E-state index contributed by atoms with van der Waals surface area (Å²) in [6, 6.07) is 2.14. The lowest BCUT2D eigenvalue weighted by atomic mass is 9.99. The van der Waals surface area contributed by atoms with E-state index in [-0.39, 0.29) is 29.5 Å². The molecule has 0 spiro atoms. The number of hydrogen-bond acceptors (Lipinski definition) is 5. The monoisotopic (exact) mass is 354 g/mol. The molecule has 1 saturated heterocycles. The molecule has 0 bridgehead atoms. The van der Waals surface area contributed by atoms with Crippen LogP contribution in [0.25, 0.3) is 5.82 Å². The van der Waals surface area contributed by atoms with Crippen LogP contribution in [0, 0.1) is 0 Å². The van der Waals surface area contributed by atoms with Gasteiger partial charge in [-0.1, -0.05) is 5.21 Å². The van der Waals surface area contributed by atoms with E-state index in [9.17, 15) is 18.0 Å². The highest BCUT2D eigenvalue weighted by Gasteiger charge is 2.31. The maximum absolute atomic E-state index is 12.6. The number of piperidine rings is 1. The van der Waals surface area contributed by atoms with E-state index in [4.69, 9.17) is 5.73 Å². The highest BCUT2D eigenvalue weighted by Crippen LogP contribution is 2.28. The van der Waals surface area contributed by atoms with E-state index >= 15 is 0 Å². The lowest BCUT2D eigenvalue weighted by molar-refractivity contribution is -0.137. The second-order valence-corrected chi connectivity index (χ2v) is 6.08. The molecule has 1 amide bonds. The number of carbonyl (C=O) groups is 1. The minimum absolute atomic E-state index is 0.00871. The summed E-state index contributed by atoms with van der Waals surface area (Å²) in [5.74, 6) is -0.133. The first-order valence-electron chi connectivity index (χ1n) is 7.78. The van der Waals surface area contributed by atoms with Crippen molar-refractivity contribution in [1.82, 2.24) is 24.9 Å². The number of carbonyl (C=O) groups excluding carboxylic acids is 1. The Balaban J connectivity index is 1.77. The van der Waals surface area contributed by atoms with Crippen LogP contribution in [-0.2, 0) is 6.18 Å². The van der Waals surface area contributed by atoms with Crippen molar-refractivity contribution >= 4 is 5.91 Å². The highest BCUT2D eigenvalue weighted by molar-refractivity contribution is 5.92. The van der Waals surface area contributed by atoms with Gasteiger partial charge in [0.15, 0.2) is 11.5 Å². The standard InChI is InChI=1S/C15H17F3N6O/c1-9-6-11(19)4-5-23(9)14(25)12-8-24(22-21-12)13-3-2-10(7-20-13)15(16,17)18/h2-3,7-9,11H,4-6,19H2,1H3/t9-,11-/m1/s1. The van der Waals surface area contributed by atoms with E-state index in [1.807, 2.05) is 6.92 Å². The average molecular weight is 354 g/mol. The summed E-state index contributed by atoms with van der Waals surface area (Å²) in [5, 5.41) is 7.61. The Labute approximate surface area is 141 Å². The van der Waals surface area contributed by atoms with Gasteiger partial charge in [-0.3, -0.25) is 4.79 Å². The summed E-state index contributed by atoms with van der Waals surface area (Å²) < 4.78 is 38.9. The summed E-state index contributed by atoms with van der Waals surface area (Å²) in [6.45, 7) is 2.45. The molecule has 2 atom stereocenters. The summed E-state index contributed by atoms with van der Waals surface area (Å²) in [7, 11) is 0. The molecular weight excluding hydrogens is 337 g/mol. The smallest absolute Gasteiger partial charge is 0.334 e. The van der Waals surface area contributed by atoms with Crippen molar-refractivity contribution in [1.29, 1.82) is 0 Å². The van der Waals surface area contributed by atoms with Crippen molar-refractivity contribution in [2.75, 3.05) is 6.54 Å². The number of likely N-dealkylation sites (tertiary alicyclic amines) is 1. The Hall–Kier alpha value is -2.49. The number of rotatable bonds is 2. The van der Waals surface area contributed by atoms with Gasteiger partial charge in [0.05, 0.1) is 11.8 Å². The van der Waals surface area contributed by atoms with E-state index in [2.05, 4.69) is 15.3 Å². The van der Waals surface area contributed by atoms with Crippen LogP contribution < -0.4 is 5.73 Å². The second kappa shape index (κ2) is 6.43. The average Bonchev–Trinajstić information content (AvgIpc) is 3.03. The molecule has 0 saturated carbocycles. The largest absolute Gasteiger partial charge is 0.417 e. The summed E-state index contributed by atoms with van der Waals surface area (Å²) in [4.78, 5) is 18.0. The third kappa shape index (κ3) is 3.63. The molecule has 10 heteroatoms. The Morgan fingerprint density at radius 3 is 2.72 bits per heavy atom. The van der Waals surface area contributed by atoms with Crippen LogP contribution in [0.2, 0.25) is 0 Å². The molecule has 3 heterocycles. The summed E-state index contributed by atoms with van der Waals surface area (Å²) >= 11 is 0. The molecule has 134 valence electrons. The van der Waals surface area contributed by atoms with Crippen molar-refractivity contribution < 1.29 is 18.0 Å². The van der Waals surface area contributed by atoms with Gasteiger partial charge >= 0.3 is 6.18 Å². The van der Waals surface area contributed by atoms with Gasteiger partial charge in [0, 0.05) is 24.8 Å². The molecule has 7 nitrogen and oxygen atoms in total. The van der Waals surface area contributed by atoms with Gasteiger partial charge in [0.25, 0.3) is 5.91 Å². The fraction of sp³-hybridized carbons (Fsp3) is 0.467. The third-order valence-electron chi connectivity index (χ3n) is 4.20. The van der Waals surface area contributed by atoms with Crippen LogP contribution in [0.5, 0.6) is 0 Å². The van der Waals surface area contributed by atoms with E-state index in [1.165, 1.54) is 16.9 Å². The second-order valence-electron chi connectivity index (χ2n) is 6.08. The molecule has 1 aliphatic heterocycles. The molecule has 0 radical (unpaired) electrons. The van der Waals surface area contributed by atoms with Crippen molar-refractivity contribution in [2.45, 2.75) is 38.0 Å². The van der Waals surface area contributed by atoms with Crippen molar-refractivity contribution in [3.8, 4) is 5.82 Å². The number of halogens is 3. The zero-order valence-electron chi connectivity index (χ0n) is 13.4. The Bertz CT molecular complexity index is 757. The van der Waals surface area contributed by atoms with Crippen LogP contribution in [-0.4, -0.2) is 49.4 Å². The molecule has 0 unspecified atom stereocenters. The minimum atomic E-state index is -4.46. The summed E-state index contributed by atoms with van der Waals surface area (Å²) in [5.41, 5.74) is 5.15. The van der Waals surface area contributed by atoms with Crippen LogP contribution >= 0.6 is 0 Å². The predicted molar refractivity (Wildman–Crippen MR) is 81.9 cm³/mol. The SMILES string of the molecule is C[C@@H]1C[C@H](N)CCN1C(=O)c1cn(-c2ccc(C(F)(F)F)cn2)nn1. The first-order chi connectivity index (χ1) is 11.8. The first-order valence-corrected chi connectivity index (χ1v) is 7.78. The molecule has 25 heavy (non-hydrogen) atoms. The number of alkyl halides is 3. The van der Waals surface area contributed by atoms with Crippen molar-refractivity contribution in [3.05, 3.63) is 35.8 Å². The molecule has 0 aromatic carbocycles. The van der Waals surface area contributed by atoms with Crippen LogP contribution in [0.15, 0.2) is 24.5 Å². The number of aromatic nitrogens is 4. The molecule has 2 aromatic heterocycles. The number of nitrogens with zero attached hydrogens (tertiary/aromatic N) is 5. The van der Waals surface area contributed by atoms with Gasteiger partial charge in [-0.25, -0.2) is 9.67 Å². The molecule has 1 aliphatic rings. The topological polar surface area (TPSA) is 89.9 Å². The summed E-state index contributed by atoms with van der Waals surface area (Å²) in [6.07, 6.45) is -0.961. The Morgan fingerprint density at radius 1 is 1.36 bits per heavy atom.